The Morgan fingerprint density at radius 3 is 2.65 bits per heavy atom. The standard InChI is InChI=1S/C11H9F3N2O/c12-8-4-3-7(10(13)11(8)14)2-1-5-16-9(17)6-15/h3-4H,5-6,15H2,(H,16,17). The minimum atomic E-state index is -1.57. The van der Waals surface area contributed by atoms with Gasteiger partial charge in [0, 0.05) is 0 Å². The highest BCUT2D eigenvalue weighted by atomic mass is 19.2. The molecule has 17 heavy (non-hydrogen) atoms. The van der Waals surface area contributed by atoms with E-state index >= 15 is 0 Å². The van der Waals surface area contributed by atoms with Gasteiger partial charge in [0.25, 0.3) is 0 Å². The second-order valence-electron chi connectivity index (χ2n) is 3.01. The second kappa shape index (κ2) is 5.92. The Balaban J connectivity index is 2.73. The summed E-state index contributed by atoms with van der Waals surface area (Å²) in [4.78, 5) is 10.7. The van der Waals surface area contributed by atoms with Crippen LogP contribution in [0, 0.1) is 29.3 Å². The van der Waals surface area contributed by atoms with Crippen LogP contribution in [0.4, 0.5) is 13.2 Å². The predicted octanol–water partition coefficient (Wildman–Crippen LogP) is 0.530. The normalized spacial score (nSPS) is 9.41. The van der Waals surface area contributed by atoms with Gasteiger partial charge >= 0.3 is 0 Å². The van der Waals surface area contributed by atoms with E-state index in [9.17, 15) is 18.0 Å². The van der Waals surface area contributed by atoms with E-state index < -0.39 is 23.4 Å². The molecule has 0 bridgehead atoms. The highest BCUT2D eigenvalue weighted by molar-refractivity contribution is 5.77. The third kappa shape index (κ3) is 3.50. The summed E-state index contributed by atoms with van der Waals surface area (Å²) in [5, 5.41) is 2.32. The largest absolute Gasteiger partial charge is 0.344 e. The highest BCUT2D eigenvalue weighted by Gasteiger charge is 2.11. The van der Waals surface area contributed by atoms with Crippen LogP contribution in [0.3, 0.4) is 0 Å². The molecule has 1 amide bonds. The summed E-state index contributed by atoms with van der Waals surface area (Å²) in [6.07, 6.45) is 0. The molecule has 6 heteroatoms. The first-order valence-electron chi connectivity index (χ1n) is 4.65. The van der Waals surface area contributed by atoms with E-state index in [0.717, 1.165) is 12.1 Å². The predicted molar refractivity (Wildman–Crippen MR) is 55.3 cm³/mol. The van der Waals surface area contributed by atoms with Crippen LogP contribution in [0.5, 0.6) is 0 Å². The lowest BCUT2D eigenvalue weighted by Crippen LogP contribution is -2.30. The number of hydrogen-bond donors (Lipinski definition) is 2. The summed E-state index contributed by atoms with van der Waals surface area (Å²) in [5.41, 5.74) is 4.74. The molecule has 0 unspecified atom stereocenters. The van der Waals surface area contributed by atoms with E-state index in [-0.39, 0.29) is 18.7 Å². The van der Waals surface area contributed by atoms with Gasteiger partial charge in [0.05, 0.1) is 18.7 Å². The molecule has 0 atom stereocenters. The number of amides is 1. The quantitative estimate of drug-likeness (QED) is 0.587. The van der Waals surface area contributed by atoms with Crippen molar-refractivity contribution in [2.24, 2.45) is 5.73 Å². The minimum Gasteiger partial charge on any atom is -0.344 e. The highest BCUT2D eigenvalue weighted by Crippen LogP contribution is 2.13. The zero-order valence-electron chi connectivity index (χ0n) is 8.69. The molecule has 90 valence electrons. The zero-order valence-corrected chi connectivity index (χ0v) is 8.69. The SMILES string of the molecule is NCC(=O)NCC#Cc1ccc(F)c(F)c1F. The molecule has 0 saturated heterocycles. The van der Waals surface area contributed by atoms with Gasteiger partial charge in [-0.05, 0) is 12.1 Å². The maximum atomic E-state index is 13.1. The van der Waals surface area contributed by atoms with Crippen LogP contribution in [0.25, 0.3) is 0 Å². The molecule has 3 nitrogen and oxygen atoms in total. The van der Waals surface area contributed by atoms with Crippen LogP contribution in [-0.2, 0) is 4.79 Å². The van der Waals surface area contributed by atoms with Crippen molar-refractivity contribution in [2.45, 2.75) is 0 Å². The number of benzene rings is 1. The Morgan fingerprint density at radius 1 is 1.29 bits per heavy atom. The van der Waals surface area contributed by atoms with Crippen molar-refractivity contribution in [1.29, 1.82) is 0 Å². The molecular weight excluding hydrogens is 233 g/mol. The number of carbonyl (C=O) groups excluding carboxylic acids is 1. The summed E-state index contributed by atoms with van der Waals surface area (Å²) >= 11 is 0. The van der Waals surface area contributed by atoms with Crippen LogP contribution in [0.15, 0.2) is 12.1 Å². The maximum Gasteiger partial charge on any atom is 0.234 e. The van der Waals surface area contributed by atoms with E-state index in [2.05, 4.69) is 17.2 Å². The maximum absolute atomic E-state index is 13.1. The number of halogens is 3. The molecule has 1 aromatic rings. The lowest BCUT2D eigenvalue weighted by Gasteiger charge is -1.98. The van der Waals surface area contributed by atoms with Crippen molar-refractivity contribution in [2.75, 3.05) is 13.1 Å². The van der Waals surface area contributed by atoms with Crippen molar-refractivity contribution in [1.82, 2.24) is 5.32 Å². The van der Waals surface area contributed by atoms with Gasteiger partial charge < -0.3 is 11.1 Å². The van der Waals surface area contributed by atoms with Crippen molar-refractivity contribution in [3.05, 3.63) is 35.1 Å². The van der Waals surface area contributed by atoms with Crippen LogP contribution < -0.4 is 11.1 Å². The summed E-state index contributed by atoms with van der Waals surface area (Å²) in [5.74, 6) is 0.0638. The fourth-order valence-electron chi connectivity index (χ4n) is 0.977. The molecule has 0 spiro atoms. The fraction of sp³-hybridized carbons (Fsp3) is 0.182. The van der Waals surface area contributed by atoms with Gasteiger partial charge in [0.1, 0.15) is 0 Å². The number of hydrogen-bond acceptors (Lipinski definition) is 2. The third-order valence-corrected chi connectivity index (χ3v) is 1.82. The molecule has 0 heterocycles. The molecule has 0 aliphatic carbocycles. The van der Waals surface area contributed by atoms with E-state index in [4.69, 9.17) is 5.73 Å². The van der Waals surface area contributed by atoms with E-state index in [1.165, 1.54) is 0 Å². The average Bonchev–Trinajstić information content (AvgIpc) is 2.33. The molecule has 0 aliphatic heterocycles. The second-order valence-corrected chi connectivity index (χ2v) is 3.01. The molecule has 1 aromatic carbocycles. The van der Waals surface area contributed by atoms with Crippen molar-refractivity contribution >= 4 is 5.91 Å². The molecule has 0 aliphatic rings. The molecule has 3 N–H and O–H groups in total. The number of nitrogens with two attached hydrogens (primary N) is 1. The topological polar surface area (TPSA) is 55.1 Å². The van der Waals surface area contributed by atoms with E-state index in [0.29, 0.717) is 0 Å². The smallest absolute Gasteiger partial charge is 0.234 e. The van der Waals surface area contributed by atoms with Gasteiger partial charge in [-0.3, -0.25) is 4.79 Å². The van der Waals surface area contributed by atoms with Gasteiger partial charge in [0.2, 0.25) is 5.91 Å². The molecule has 0 fully saturated rings. The fourth-order valence-corrected chi connectivity index (χ4v) is 0.977. The van der Waals surface area contributed by atoms with Gasteiger partial charge in [-0.15, -0.1) is 0 Å². The van der Waals surface area contributed by atoms with Gasteiger partial charge in [0.15, 0.2) is 17.5 Å². The Hall–Kier alpha value is -2.00. The van der Waals surface area contributed by atoms with Crippen LogP contribution in [0.2, 0.25) is 0 Å². The van der Waals surface area contributed by atoms with Gasteiger partial charge in [-0.2, -0.15) is 0 Å². The number of rotatable bonds is 2. The van der Waals surface area contributed by atoms with E-state index in [1.807, 2.05) is 0 Å². The lowest BCUT2D eigenvalue weighted by molar-refractivity contribution is -0.119. The summed E-state index contributed by atoms with van der Waals surface area (Å²) in [6.45, 7) is -0.227. The van der Waals surface area contributed by atoms with Crippen molar-refractivity contribution in [3.63, 3.8) is 0 Å². The first-order valence-corrected chi connectivity index (χ1v) is 4.65. The van der Waals surface area contributed by atoms with Crippen LogP contribution >= 0.6 is 0 Å². The van der Waals surface area contributed by atoms with Gasteiger partial charge in [-0.25, -0.2) is 13.2 Å². The number of nitrogens with one attached hydrogen (secondary N) is 1. The summed E-state index contributed by atoms with van der Waals surface area (Å²) in [7, 11) is 0. The Kier molecular flexibility index (Phi) is 4.55. The van der Waals surface area contributed by atoms with Crippen LogP contribution in [-0.4, -0.2) is 19.0 Å². The summed E-state index contributed by atoms with van der Waals surface area (Å²) in [6, 6.07) is 1.80. The Labute approximate surface area is 95.8 Å². The van der Waals surface area contributed by atoms with E-state index in [1.54, 1.807) is 0 Å². The molecule has 0 aromatic heterocycles. The van der Waals surface area contributed by atoms with Gasteiger partial charge in [-0.1, -0.05) is 11.8 Å². The molecular formula is C11H9F3N2O. The number of carbonyl (C=O) groups is 1. The van der Waals surface area contributed by atoms with Crippen LogP contribution in [0.1, 0.15) is 5.56 Å². The molecule has 0 saturated carbocycles. The first kappa shape index (κ1) is 13.1. The van der Waals surface area contributed by atoms with Crippen molar-refractivity contribution in [3.8, 4) is 11.8 Å². The zero-order chi connectivity index (χ0) is 12.8. The third-order valence-electron chi connectivity index (χ3n) is 1.82. The summed E-state index contributed by atoms with van der Waals surface area (Å²) < 4.78 is 38.4. The molecule has 0 radical (unpaired) electrons. The first-order chi connectivity index (χ1) is 8.06. The Morgan fingerprint density at radius 2 is 2.00 bits per heavy atom. The average molecular weight is 242 g/mol. The lowest BCUT2D eigenvalue weighted by atomic mass is 10.2. The minimum absolute atomic E-state index is 0.0472. The van der Waals surface area contributed by atoms with Crippen molar-refractivity contribution < 1.29 is 18.0 Å². The Bertz CT molecular complexity index is 491. The monoisotopic (exact) mass is 242 g/mol. The molecule has 1 rings (SSSR count).